The van der Waals surface area contributed by atoms with E-state index in [2.05, 4.69) is 0 Å². The second-order valence-electron chi connectivity index (χ2n) is 6.46. The van der Waals surface area contributed by atoms with E-state index in [0.717, 1.165) is 0 Å². The second kappa shape index (κ2) is 4.48. The van der Waals surface area contributed by atoms with Crippen LogP contribution >= 0.6 is 0 Å². The number of nitrogens with two attached hydrogens (primary N) is 1. The van der Waals surface area contributed by atoms with Crippen LogP contribution in [0.15, 0.2) is 11.3 Å². The van der Waals surface area contributed by atoms with Gasteiger partial charge in [0.25, 0.3) is 0 Å². The minimum atomic E-state index is -0.533. The first kappa shape index (κ1) is 15.0. The molecular formula is C13H25NO2. The van der Waals surface area contributed by atoms with Gasteiger partial charge < -0.3 is 10.8 Å². The van der Waals surface area contributed by atoms with Crippen LogP contribution in [-0.2, 0) is 4.79 Å². The van der Waals surface area contributed by atoms with Crippen LogP contribution in [0, 0.1) is 16.7 Å². The third-order valence-corrected chi connectivity index (χ3v) is 2.96. The first-order valence-corrected chi connectivity index (χ1v) is 5.62. The van der Waals surface area contributed by atoms with Gasteiger partial charge in [-0.05, 0) is 11.3 Å². The van der Waals surface area contributed by atoms with Gasteiger partial charge in [0.2, 0.25) is 5.91 Å². The lowest BCUT2D eigenvalue weighted by atomic mass is 9.74. The summed E-state index contributed by atoms with van der Waals surface area (Å²) >= 11 is 0. The van der Waals surface area contributed by atoms with Crippen molar-refractivity contribution in [2.24, 2.45) is 22.5 Å². The smallest absolute Gasteiger partial charge is 0.248 e. The molecule has 1 atom stereocenters. The number of rotatable bonds is 2. The first-order valence-electron chi connectivity index (χ1n) is 5.62. The Balaban J connectivity index is 5.60. The Labute approximate surface area is 98.7 Å². The van der Waals surface area contributed by atoms with E-state index in [4.69, 9.17) is 5.73 Å². The Hall–Kier alpha value is -0.990. The standard InChI is InChI=1S/C13H25NO2/c1-8(12(2,3)4)9(11(14)16)10(15)13(5,6)7/h8,15H,1-7H3,(H2,14,16)/b10-9-. The zero-order chi connectivity index (χ0) is 13.3. The average molecular weight is 227 g/mol. The second-order valence-corrected chi connectivity index (χ2v) is 6.46. The van der Waals surface area contributed by atoms with Crippen molar-refractivity contribution in [3.05, 3.63) is 11.3 Å². The molecule has 0 saturated carbocycles. The lowest BCUT2D eigenvalue weighted by Gasteiger charge is -2.31. The normalized spacial score (nSPS) is 16.7. The number of aliphatic hydroxyl groups excluding tert-OH is 1. The molecule has 0 aromatic heterocycles. The van der Waals surface area contributed by atoms with Crippen LogP contribution in [0.1, 0.15) is 48.5 Å². The predicted molar refractivity (Wildman–Crippen MR) is 66.9 cm³/mol. The third-order valence-electron chi connectivity index (χ3n) is 2.96. The Bertz CT molecular complexity index is 303. The van der Waals surface area contributed by atoms with Crippen molar-refractivity contribution in [1.29, 1.82) is 0 Å². The summed E-state index contributed by atoms with van der Waals surface area (Å²) in [5.74, 6) is -0.512. The highest BCUT2D eigenvalue weighted by Gasteiger charge is 2.32. The van der Waals surface area contributed by atoms with Gasteiger partial charge in [-0.1, -0.05) is 48.5 Å². The lowest BCUT2D eigenvalue weighted by molar-refractivity contribution is -0.115. The van der Waals surface area contributed by atoms with Gasteiger partial charge in [-0.2, -0.15) is 0 Å². The molecule has 3 heteroatoms. The highest BCUT2D eigenvalue weighted by Crippen LogP contribution is 2.36. The molecule has 0 spiro atoms. The molecule has 0 bridgehead atoms. The quantitative estimate of drug-likeness (QED) is 0.562. The molecule has 0 aliphatic heterocycles. The predicted octanol–water partition coefficient (Wildman–Crippen LogP) is 3.01. The molecule has 0 aromatic carbocycles. The van der Waals surface area contributed by atoms with Crippen molar-refractivity contribution < 1.29 is 9.90 Å². The topological polar surface area (TPSA) is 63.3 Å². The molecule has 1 unspecified atom stereocenters. The number of hydrogen-bond donors (Lipinski definition) is 2. The number of carbonyl (C=O) groups is 1. The van der Waals surface area contributed by atoms with Crippen molar-refractivity contribution in [2.45, 2.75) is 48.5 Å². The SMILES string of the molecule is CC(/C(C(N)=O)=C(/O)C(C)(C)C)C(C)(C)C. The molecule has 0 aliphatic rings. The number of aliphatic hydroxyl groups is 1. The molecular weight excluding hydrogens is 202 g/mol. The third kappa shape index (κ3) is 3.54. The fraction of sp³-hybridized carbons (Fsp3) is 0.769. The van der Waals surface area contributed by atoms with Crippen LogP contribution in [0.4, 0.5) is 0 Å². The van der Waals surface area contributed by atoms with Gasteiger partial charge in [-0.3, -0.25) is 4.79 Å². The van der Waals surface area contributed by atoms with Crippen LogP contribution in [0.3, 0.4) is 0 Å². The summed E-state index contributed by atoms with van der Waals surface area (Å²) < 4.78 is 0. The van der Waals surface area contributed by atoms with Gasteiger partial charge in [-0.15, -0.1) is 0 Å². The van der Waals surface area contributed by atoms with Crippen molar-refractivity contribution in [3.8, 4) is 0 Å². The van der Waals surface area contributed by atoms with Crippen LogP contribution in [-0.4, -0.2) is 11.0 Å². The molecule has 0 fully saturated rings. The van der Waals surface area contributed by atoms with Gasteiger partial charge in [0.15, 0.2) is 0 Å². The molecule has 94 valence electrons. The summed E-state index contributed by atoms with van der Waals surface area (Å²) in [6.45, 7) is 13.6. The van der Waals surface area contributed by atoms with Gasteiger partial charge in [0.05, 0.1) is 5.57 Å². The van der Waals surface area contributed by atoms with Crippen molar-refractivity contribution in [2.75, 3.05) is 0 Å². The number of carbonyl (C=O) groups excluding carboxylic acids is 1. The number of primary amides is 1. The van der Waals surface area contributed by atoms with E-state index in [1.54, 1.807) is 0 Å². The Morgan fingerprint density at radius 1 is 1.12 bits per heavy atom. The van der Waals surface area contributed by atoms with Gasteiger partial charge in [-0.25, -0.2) is 0 Å². The van der Waals surface area contributed by atoms with E-state index in [1.165, 1.54) is 0 Å². The maximum atomic E-state index is 11.5. The van der Waals surface area contributed by atoms with Crippen LogP contribution in [0.25, 0.3) is 0 Å². The number of amides is 1. The van der Waals surface area contributed by atoms with Gasteiger partial charge in [0, 0.05) is 5.41 Å². The fourth-order valence-corrected chi connectivity index (χ4v) is 1.37. The monoisotopic (exact) mass is 227 g/mol. The van der Waals surface area contributed by atoms with Gasteiger partial charge in [0.1, 0.15) is 5.76 Å². The van der Waals surface area contributed by atoms with Gasteiger partial charge >= 0.3 is 0 Å². The number of allylic oxidation sites excluding steroid dienone is 1. The molecule has 0 heterocycles. The molecule has 0 radical (unpaired) electrons. The van der Waals surface area contributed by atoms with Crippen LogP contribution in [0.2, 0.25) is 0 Å². The maximum absolute atomic E-state index is 11.5. The molecule has 3 N–H and O–H groups in total. The van der Waals surface area contributed by atoms with E-state index < -0.39 is 11.3 Å². The highest BCUT2D eigenvalue weighted by atomic mass is 16.3. The summed E-state index contributed by atoms with van der Waals surface area (Å²) in [7, 11) is 0. The first-order chi connectivity index (χ1) is 6.89. The summed E-state index contributed by atoms with van der Waals surface area (Å²) in [4.78, 5) is 11.5. The van der Waals surface area contributed by atoms with Crippen LogP contribution in [0.5, 0.6) is 0 Å². The zero-order valence-corrected chi connectivity index (χ0v) is 11.5. The number of hydrogen-bond acceptors (Lipinski definition) is 2. The molecule has 0 saturated heterocycles. The van der Waals surface area contributed by atoms with E-state index in [9.17, 15) is 9.90 Å². The Morgan fingerprint density at radius 3 is 1.69 bits per heavy atom. The molecule has 0 aliphatic carbocycles. The molecule has 0 rings (SSSR count). The molecule has 16 heavy (non-hydrogen) atoms. The summed E-state index contributed by atoms with van der Waals surface area (Å²) in [5.41, 5.74) is 5.16. The summed E-state index contributed by atoms with van der Waals surface area (Å²) in [6, 6.07) is 0. The fourth-order valence-electron chi connectivity index (χ4n) is 1.37. The minimum absolute atomic E-state index is 0.0794. The Morgan fingerprint density at radius 2 is 1.50 bits per heavy atom. The lowest BCUT2D eigenvalue weighted by Crippen LogP contribution is -2.31. The van der Waals surface area contributed by atoms with Crippen molar-refractivity contribution in [1.82, 2.24) is 0 Å². The van der Waals surface area contributed by atoms with E-state index in [0.29, 0.717) is 5.57 Å². The van der Waals surface area contributed by atoms with E-state index in [1.807, 2.05) is 48.5 Å². The maximum Gasteiger partial charge on any atom is 0.248 e. The zero-order valence-electron chi connectivity index (χ0n) is 11.5. The average Bonchev–Trinajstić information content (AvgIpc) is 1.99. The molecule has 0 aromatic rings. The van der Waals surface area contributed by atoms with Crippen LogP contribution < -0.4 is 5.73 Å². The van der Waals surface area contributed by atoms with E-state index >= 15 is 0 Å². The summed E-state index contributed by atoms with van der Waals surface area (Å²) in [5, 5.41) is 10.1. The summed E-state index contributed by atoms with van der Waals surface area (Å²) in [6.07, 6.45) is 0. The largest absolute Gasteiger partial charge is 0.511 e. The van der Waals surface area contributed by atoms with Crippen molar-refractivity contribution in [3.63, 3.8) is 0 Å². The Kier molecular flexibility index (Phi) is 4.20. The highest BCUT2D eigenvalue weighted by molar-refractivity contribution is 5.93. The van der Waals surface area contributed by atoms with Crippen molar-refractivity contribution >= 4 is 5.91 Å². The molecule has 1 amide bonds. The minimum Gasteiger partial charge on any atom is -0.511 e. The van der Waals surface area contributed by atoms with E-state index in [-0.39, 0.29) is 17.1 Å². The molecule has 3 nitrogen and oxygen atoms in total.